The molecule has 0 aromatic rings. The van der Waals surface area contributed by atoms with E-state index in [1.807, 2.05) is 0 Å². The number of carbonyl (C=O) groups excluding carboxylic acids is 4. The molecular formula is C14H20ClNO8. The van der Waals surface area contributed by atoms with Gasteiger partial charge >= 0.3 is 17.9 Å². The fourth-order valence-corrected chi connectivity index (χ4v) is 2.62. The van der Waals surface area contributed by atoms with Gasteiger partial charge in [-0.25, -0.2) is 0 Å². The fraction of sp³-hybridized carbons (Fsp3) is 0.714. The Hall–Kier alpha value is -1.87. The summed E-state index contributed by atoms with van der Waals surface area (Å²) in [5, 5.41) is 2.50. The summed E-state index contributed by atoms with van der Waals surface area (Å²) in [6.45, 7) is 4.51. The van der Waals surface area contributed by atoms with E-state index in [0.717, 1.165) is 13.8 Å². The van der Waals surface area contributed by atoms with E-state index in [2.05, 4.69) is 5.32 Å². The maximum Gasteiger partial charge on any atom is 0.303 e. The van der Waals surface area contributed by atoms with Crippen molar-refractivity contribution >= 4 is 35.4 Å². The van der Waals surface area contributed by atoms with Gasteiger partial charge in [-0.3, -0.25) is 19.2 Å². The average Bonchev–Trinajstić information content (AvgIpc) is 2.42. The van der Waals surface area contributed by atoms with Crippen LogP contribution in [-0.2, 0) is 38.1 Å². The summed E-state index contributed by atoms with van der Waals surface area (Å²) in [6.07, 6.45) is -3.18. The van der Waals surface area contributed by atoms with Crippen LogP contribution < -0.4 is 5.32 Å². The number of hydrogen-bond donors (Lipinski definition) is 1. The monoisotopic (exact) mass is 365 g/mol. The van der Waals surface area contributed by atoms with E-state index >= 15 is 0 Å². The molecule has 1 saturated heterocycles. The molecule has 5 atom stereocenters. The van der Waals surface area contributed by atoms with Crippen LogP contribution in [0.25, 0.3) is 0 Å². The van der Waals surface area contributed by atoms with E-state index in [4.69, 9.17) is 30.5 Å². The lowest BCUT2D eigenvalue weighted by Crippen LogP contribution is -2.64. The Balaban J connectivity index is 3.11. The van der Waals surface area contributed by atoms with Gasteiger partial charge in [-0.15, -0.1) is 0 Å². The van der Waals surface area contributed by atoms with Gasteiger partial charge < -0.3 is 24.3 Å². The minimum Gasteiger partial charge on any atom is -0.463 e. The number of esters is 3. The molecule has 1 heterocycles. The van der Waals surface area contributed by atoms with Crippen LogP contribution >= 0.6 is 11.6 Å². The smallest absolute Gasteiger partial charge is 0.303 e. The number of halogens is 1. The van der Waals surface area contributed by atoms with Crippen molar-refractivity contribution in [1.82, 2.24) is 5.32 Å². The molecule has 0 aliphatic carbocycles. The lowest BCUT2D eigenvalue weighted by Gasteiger charge is -2.43. The van der Waals surface area contributed by atoms with E-state index in [0.29, 0.717) is 0 Å². The zero-order valence-electron chi connectivity index (χ0n) is 13.7. The van der Waals surface area contributed by atoms with Crippen LogP contribution in [0.1, 0.15) is 27.7 Å². The van der Waals surface area contributed by atoms with Crippen LogP contribution in [0.3, 0.4) is 0 Å². The molecule has 0 saturated carbocycles. The van der Waals surface area contributed by atoms with Gasteiger partial charge in [0.25, 0.3) is 0 Å². The number of hydrogen-bond acceptors (Lipinski definition) is 8. The summed E-state index contributed by atoms with van der Waals surface area (Å²) >= 11 is 6.11. The zero-order chi connectivity index (χ0) is 18.4. The van der Waals surface area contributed by atoms with Crippen LogP contribution in [0.15, 0.2) is 0 Å². The summed E-state index contributed by atoms with van der Waals surface area (Å²) < 4.78 is 20.7. The highest BCUT2D eigenvalue weighted by Gasteiger charge is 2.50. The summed E-state index contributed by atoms with van der Waals surface area (Å²) in [5.41, 5.74) is -1.09. The third kappa shape index (κ3) is 5.97. The zero-order valence-corrected chi connectivity index (χ0v) is 14.5. The van der Waals surface area contributed by atoms with E-state index in [9.17, 15) is 19.2 Å². The Morgan fingerprint density at radius 2 is 1.50 bits per heavy atom. The molecule has 0 aromatic heterocycles. The first kappa shape index (κ1) is 20.2. The topological polar surface area (TPSA) is 117 Å². The molecule has 0 bridgehead atoms. The van der Waals surface area contributed by atoms with Crippen LogP contribution in [0.4, 0.5) is 0 Å². The van der Waals surface area contributed by atoms with Gasteiger partial charge in [-0.1, -0.05) is 11.6 Å². The highest BCUT2D eigenvalue weighted by molar-refractivity contribution is 6.20. The van der Waals surface area contributed by atoms with E-state index < -0.39 is 53.7 Å². The van der Waals surface area contributed by atoms with Crippen LogP contribution in [0.5, 0.6) is 0 Å². The minimum absolute atomic E-state index is 0.263. The Kier molecular flexibility index (Phi) is 7.43. The molecule has 9 nitrogen and oxygen atoms in total. The van der Waals surface area contributed by atoms with Crippen LogP contribution in [0.2, 0.25) is 0 Å². The van der Waals surface area contributed by atoms with Crippen molar-refractivity contribution in [3.05, 3.63) is 0 Å². The van der Waals surface area contributed by atoms with Gasteiger partial charge in [0, 0.05) is 27.7 Å². The highest BCUT2D eigenvalue weighted by atomic mass is 35.5. The SMILES string of the molecule is CC(=O)N[C@H]1[C@H](OC(C)=O)[C@@H](OC(C)=O)[C@H](COC(C)=O)O[C@H]1Cl. The number of alkyl halides is 1. The first-order valence-corrected chi connectivity index (χ1v) is 7.60. The lowest BCUT2D eigenvalue weighted by atomic mass is 9.97. The normalized spacial score (nSPS) is 29.3. The summed E-state index contributed by atoms with van der Waals surface area (Å²) in [5.74, 6) is -2.33. The maximum atomic E-state index is 11.4. The molecule has 1 amide bonds. The molecule has 136 valence electrons. The molecule has 24 heavy (non-hydrogen) atoms. The molecule has 0 spiro atoms. The quantitative estimate of drug-likeness (QED) is 0.407. The Bertz CT molecular complexity index is 511. The predicted molar refractivity (Wildman–Crippen MR) is 79.9 cm³/mol. The number of rotatable bonds is 5. The standard InChI is InChI=1S/C14H20ClNO8/c1-6(17)16-11-13(23-9(4)20)12(22-8(3)19)10(24-14(11)15)5-21-7(2)18/h10-14H,5H2,1-4H3,(H,16,17)/t10-,11-,12-,13-,14+/m0/s1. The molecule has 1 N–H and O–H groups in total. The van der Waals surface area contributed by atoms with Gasteiger partial charge in [-0.05, 0) is 0 Å². The third-order valence-electron chi connectivity index (χ3n) is 3.06. The van der Waals surface area contributed by atoms with Crippen molar-refractivity contribution in [3.8, 4) is 0 Å². The second-order valence-electron chi connectivity index (χ2n) is 5.20. The third-order valence-corrected chi connectivity index (χ3v) is 3.43. The molecule has 0 radical (unpaired) electrons. The number of amides is 1. The van der Waals surface area contributed by atoms with Crippen molar-refractivity contribution in [2.75, 3.05) is 6.61 Å². The Labute approximate surface area is 143 Å². The second-order valence-corrected chi connectivity index (χ2v) is 5.63. The molecule has 10 heteroatoms. The van der Waals surface area contributed by atoms with E-state index in [1.54, 1.807) is 0 Å². The van der Waals surface area contributed by atoms with Crippen molar-refractivity contribution in [3.63, 3.8) is 0 Å². The lowest BCUT2D eigenvalue weighted by molar-refractivity contribution is -0.212. The molecular weight excluding hydrogens is 346 g/mol. The molecule has 0 aromatic carbocycles. The summed E-state index contributed by atoms with van der Waals surface area (Å²) in [4.78, 5) is 45.2. The predicted octanol–water partition coefficient (Wildman–Crippen LogP) is -0.119. The van der Waals surface area contributed by atoms with E-state index in [1.165, 1.54) is 13.8 Å². The van der Waals surface area contributed by atoms with Crippen LogP contribution in [-0.4, -0.2) is 60.3 Å². The summed E-state index contributed by atoms with van der Waals surface area (Å²) in [6, 6.07) is -0.953. The first-order chi connectivity index (χ1) is 11.1. The minimum atomic E-state index is -1.11. The first-order valence-electron chi connectivity index (χ1n) is 7.16. The Morgan fingerprint density at radius 3 is 1.96 bits per heavy atom. The molecule has 1 aliphatic rings. The van der Waals surface area contributed by atoms with Gasteiger partial charge in [-0.2, -0.15) is 0 Å². The second kappa shape index (κ2) is 8.84. The number of nitrogens with one attached hydrogen (secondary N) is 1. The van der Waals surface area contributed by atoms with E-state index in [-0.39, 0.29) is 6.61 Å². The van der Waals surface area contributed by atoms with Gasteiger partial charge in [0.2, 0.25) is 5.91 Å². The molecule has 1 aliphatic heterocycles. The van der Waals surface area contributed by atoms with Gasteiger partial charge in [0.1, 0.15) is 18.8 Å². The van der Waals surface area contributed by atoms with Crippen molar-refractivity contribution in [2.24, 2.45) is 0 Å². The highest BCUT2D eigenvalue weighted by Crippen LogP contribution is 2.28. The maximum absolute atomic E-state index is 11.4. The summed E-state index contributed by atoms with van der Waals surface area (Å²) in [7, 11) is 0. The molecule has 1 rings (SSSR count). The molecule has 0 unspecified atom stereocenters. The molecule has 1 fully saturated rings. The van der Waals surface area contributed by atoms with Crippen LogP contribution in [0, 0.1) is 0 Å². The number of ether oxygens (including phenoxy) is 4. The van der Waals surface area contributed by atoms with Gasteiger partial charge in [0.15, 0.2) is 17.8 Å². The van der Waals surface area contributed by atoms with Crippen molar-refractivity contribution in [1.29, 1.82) is 0 Å². The van der Waals surface area contributed by atoms with Crippen molar-refractivity contribution in [2.45, 2.75) is 57.6 Å². The largest absolute Gasteiger partial charge is 0.463 e. The average molecular weight is 366 g/mol. The van der Waals surface area contributed by atoms with Crippen molar-refractivity contribution < 1.29 is 38.1 Å². The fourth-order valence-electron chi connectivity index (χ4n) is 2.28. The number of carbonyl (C=O) groups is 4. The Morgan fingerprint density at radius 1 is 0.958 bits per heavy atom. The van der Waals surface area contributed by atoms with Gasteiger partial charge in [0.05, 0.1) is 0 Å².